The summed E-state index contributed by atoms with van der Waals surface area (Å²) in [5.74, 6) is -1.22. The zero-order chi connectivity index (χ0) is 19.5. The molecular weight excluding hydrogens is 422 g/mol. The molecule has 0 saturated heterocycles. The molecule has 0 spiro atoms. The summed E-state index contributed by atoms with van der Waals surface area (Å²) in [5.41, 5.74) is 0.702. The second-order valence-electron chi connectivity index (χ2n) is 6.54. The lowest BCUT2D eigenvalue weighted by Gasteiger charge is -2.30. The maximum absolute atomic E-state index is 12.4. The van der Waals surface area contributed by atoms with Crippen molar-refractivity contribution >= 4 is 31.7 Å². The van der Waals surface area contributed by atoms with Gasteiger partial charge in [0.15, 0.2) is 9.84 Å². The number of sulfone groups is 1. The van der Waals surface area contributed by atoms with Crippen LogP contribution in [0.25, 0.3) is 11.4 Å². The molecule has 2 aromatic rings. The molecule has 0 radical (unpaired) electrons. The Kier molecular flexibility index (Phi) is 6.57. The first kappa shape index (κ1) is 20.6. The molecule has 2 rings (SSSR count). The molecule has 0 unspecified atom stereocenters. The standard InChI is InChI=1S/C17H22BrN3O4S/c1-11(2)21(12(3)4)16(22)10-26(23,24)9-15-19-17(20-25-15)13-6-5-7-14(18)8-13/h5-8,11-12H,9-10H2,1-4H3. The summed E-state index contributed by atoms with van der Waals surface area (Å²) in [5, 5.41) is 3.82. The Morgan fingerprint density at radius 1 is 1.23 bits per heavy atom. The molecule has 0 atom stereocenters. The monoisotopic (exact) mass is 443 g/mol. The molecule has 1 aromatic heterocycles. The lowest BCUT2D eigenvalue weighted by atomic mass is 10.2. The summed E-state index contributed by atoms with van der Waals surface area (Å²) < 4.78 is 30.7. The van der Waals surface area contributed by atoms with Crippen molar-refractivity contribution in [3.05, 3.63) is 34.6 Å². The molecule has 0 bridgehead atoms. The van der Waals surface area contributed by atoms with Gasteiger partial charge in [0, 0.05) is 22.1 Å². The smallest absolute Gasteiger partial charge is 0.242 e. The van der Waals surface area contributed by atoms with Crippen molar-refractivity contribution in [3.8, 4) is 11.4 Å². The second-order valence-corrected chi connectivity index (χ2v) is 9.52. The summed E-state index contributed by atoms with van der Waals surface area (Å²) >= 11 is 3.35. The van der Waals surface area contributed by atoms with E-state index in [0.29, 0.717) is 11.4 Å². The van der Waals surface area contributed by atoms with Crippen molar-refractivity contribution in [2.75, 3.05) is 5.75 Å². The predicted octanol–water partition coefficient (Wildman–Crippen LogP) is 3.06. The van der Waals surface area contributed by atoms with E-state index >= 15 is 0 Å². The molecule has 26 heavy (non-hydrogen) atoms. The average molecular weight is 444 g/mol. The van der Waals surface area contributed by atoms with Crippen LogP contribution in [-0.2, 0) is 20.4 Å². The minimum Gasteiger partial charge on any atom is -0.338 e. The lowest BCUT2D eigenvalue weighted by molar-refractivity contribution is -0.131. The third-order valence-corrected chi connectivity index (χ3v) is 5.51. The van der Waals surface area contributed by atoms with Gasteiger partial charge in [0.2, 0.25) is 17.6 Å². The molecule has 0 aliphatic heterocycles. The van der Waals surface area contributed by atoms with Gasteiger partial charge in [-0.2, -0.15) is 4.98 Å². The summed E-state index contributed by atoms with van der Waals surface area (Å²) in [7, 11) is -3.72. The van der Waals surface area contributed by atoms with Crippen LogP contribution >= 0.6 is 15.9 Å². The molecule has 1 heterocycles. The molecule has 0 aliphatic carbocycles. The summed E-state index contributed by atoms with van der Waals surface area (Å²) in [6.45, 7) is 7.42. The zero-order valence-electron chi connectivity index (χ0n) is 15.1. The van der Waals surface area contributed by atoms with Crippen LogP contribution in [0.15, 0.2) is 33.3 Å². The fourth-order valence-corrected chi connectivity index (χ4v) is 4.25. The van der Waals surface area contributed by atoms with E-state index in [1.807, 2.05) is 39.8 Å². The van der Waals surface area contributed by atoms with Crippen LogP contribution in [0.4, 0.5) is 0 Å². The Hall–Kier alpha value is -1.74. The van der Waals surface area contributed by atoms with Gasteiger partial charge in [0.25, 0.3) is 0 Å². The molecule has 0 aliphatic rings. The zero-order valence-corrected chi connectivity index (χ0v) is 17.5. The fraction of sp³-hybridized carbons (Fsp3) is 0.471. The van der Waals surface area contributed by atoms with Crippen LogP contribution in [0.3, 0.4) is 0 Å². The lowest BCUT2D eigenvalue weighted by Crippen LogP contribution is -2.45. The summed E-state index contributed by atoms with van der Waals surface area (Å²) in [6.07, 6.45) is 0. The number of benzene rings is 1. The Labute approximate surface area is 161 Å². The van der Waals surface area contributed by atoms with Crippen LogP contribution in [0.2, 0.25) is 0 Å². The number of halogens is 1. The van der Waals surface area contributed by atoms with Crippen molar-refractivity contribution in [1.82, 2.24) is 15.0 Å². The van der Waals surface area contributed by atoms with E-state index in [4.69, 9.17) is 4.52 Å². The summed E-state index contributed by atoms with van der Waals surface area (Å²) in [6, 6.07) is 7.11. The third-order valence-electron chi connectivity index (χ3n) is 3.64. The van der Waals surface area contributed by atoms with Gasteiger partial charge < -0.3 is 9.42 Å². The second kappa shape index (κ2) is 8.30. The van der Waals surface area contributed by atoms with Gasteiger partial charge in [-0.05, 0) is 39.8 Å². The topological polar surface area (TPSA) is 93.4 Å². The van der Waals surface area contributed by atoms with Gasteiger partial charge in [-0.25, -0.2) is 8.42 Å². The quantitative estimate of drug-likeness (QED) is 0.652. The van der Waals surface area contributed by atoms with E-state index in [0.717, 1.165) is 4.47 Å². The maximum Gasteiger partial charge on any atom is 0.242 e. The first-order chi connectivity index (χ1) is 12.1. The normalized spacial score (nSPS) is 12.0. The highest BCUT2D eigenvalue weighted by molar-refractivity contribution is 9.10. The molecule has 1 aromatic carbocycles. The molecule has 0 fully saturated rings. The van der Waals surface area contributed by atoms with Crippen molar-refractivity contribution in [2.24, 2.45) is 0 Å². The molecular formula is C17H22BrN3O4S. The van der Waals surface area contributed by atoms with E-state index in [2.05, 4.69) is 26.1 Å². The number of amides is 1. The Bertz CT molecular complexity index is 870. The van der Waals surface area contributed by atoms with E-state index in [1.165, 1.54) is 0 Å². The predicted molar refractivity (Wildman–Crippen MR) is 102 cm³/mol. The van der Waals surface area contributed by atoms with Crippen molar-refractivity contribution in [1.29, 1.82) is 0 Å². The minimum absolute atomic E-state index is 0.0339. The number of carbonyl (C=O) groups excluding carboxylic acids is 1. The van der Waals surface area contributed by atoms with Gasteiger partial charge >= 0.3 is 0 Å². The van der Waals surface area contributed by atoms with Gasteiger partial charge in [0.1, 0.15) is 11.5 Å². The SMILES string of the molecule is CC(C)N(C(=O)CS(=O)(=O)Cc1nc(-c2cccc(Br)c2)no1)C(C)C. The number of hydrogen-bond acceptors (Lipinski definition) is 6. The molecule has 0 N–H and O–H groups in total. The number of hydrogen-bond donors (Lipinski definition) is 0. The van der Waals surface area contributed by atoms with Gasteiger partial charge in [-0.15, -0.1) is 0 Å². The number of carbonyl (C=O) groups is 1. The Balaban J connectivity index is 2.11. The van der Waals surface area contributed by atoms with Crippen LogP contribution in [0, 0.1) is 0 Å². The number of nitrogens with zero attached hydrogens (tertiary/aromatic N) is 3. The molecule has 7 nitrogen and oxygen atoms in total. The average Bonchev–Trinajstić information content (AvgIpc) is 2.93. The number of aromatic nitrogens is 2. The maximum atomic E-state index is 12.4. The van der Waals surface area contributed by atoms with E-state index in [1.54, 1.807) is 17.0 Å². The highest BCUT2D eigenvalue weighted by Crippen LogP contribution is 2.21. The van der Waals surface area contributed by atoms with Crippen LogP contribution < -0.4 is 0 Å². The molecule has 1 amide bonds. The van der Waals surface area contributed by atoms with Crippen molar-refractivity contribution in [2.45, 2.75) is 45.5 Å². The van der Waals surface area contributed by atoms with E-state index < -0.39 is 27.3 Å². The highest BCUT2D eigenvalue weighted by atomic mass is 79.9. The Morgan fingerprint density at radius 3 is 2.46 bits per heavy atom. The third kappa shape index (κ3) is 5.38. The minimum atomic E-state index is -3.72. The van der Waals surface area contributed by atoms with E-state index in [9.17, 15) is 13.2 Å². The van der Waals surface area contributed by atoms with Crippen LogP contribution in [0.1, 0.15) is 33.6 Å². The van der Waals surface area contributed by atoms with Crippen molar-refractivity contribution < 1.29 is 17.7 Å². The van der Waals surface area contributed by atoms with Crippen molar-refractivity contribution in [3.63, 3.8) is 0 Å². The fourth-order valence-electron chi connectivity index (χ4n) is 2.73. The van der Waals surface area contributed by atoms with Gasteiger partial charge in [-0.1, -0.05) is 33.2 Å². The largest absolute Gasteiger partial charge is 0.338 e. The van der Waals surface area contributed by atoms with E-state index in [-0.39, 0.29) is 18.0 Å². The van der Waals surface area contributed by atoms with Gasteiger partial charge in [-0.3, -0.25) is 4.79 Å². The van der Waals surface area contributed by atoms with Crippen LogP contribution in [0.5, 0.6) is 0 Å². The Morgan fingerprint density at radius 2 is 1.88 bits per heavy atom. The first-order valence-electron chi connectivity index (χ1n) is 8.19. The highest BCUT2D eigenvalue weighted by Gasteiger charge is 2.27. The van der Waals surface area contributed by atoms with Crippen LogP contribution in [-0.4, -0.2) is 47.2 Å². The van der Waals surface area contributed by atoms with Gasteiger partial charge in [0.05, 0.1) is 0 Å². The molecule has 0 saturated carbocycles. The molecule has 9 heteroatoms. The molecule has 142 valence electrons. The first-order valence-corrected chi connectivity index (χ1v) is 10.8. The summed E-state index contributed by atoms with van der Waals surface area (Å²) in [4.78, 5) is 18.1. The number of rotatable bonds is 7.